The molecule has 0 saturated carbocycles. The van der Waals surface area contributed by atoms with Crippen molar-refractivity contribution in [3.8, 4) is 28.4 Å². The van der Waals surface area contributed by atoms with Crippen LogP contribution in [0, 0.1) is 0 Å². The Labute approximate surface area is 204 Å². The highest BCUT2D eigenvalue weighted by Crippen LogP contribution is 2.40. The van der Waals surface area contributed by atoms with Crippen molar-refractivity contribution in [1.29, 1.82) is 0 Å². The summed E-state index contributed by atoms with van der Waals surface area (Å²) in [5.41, 5.74) is 6.09. The first-order chi connectivity index (χ1) is 17.0. The van der Waals surface area contributed by atoms with E-state index in [4.69, 9.17) is 24.3 Å². The molecule has 180 valence electrons. The van der Waals surface area contributed by atoms with E-state index in [9.17, 15) is 4.79 Å². The zero-order chi connectivity index (χ0) is 24.7. The van der Waals surface area contributed by atoms with Crippen LogP contribution in [0.5, 0.6) is 17.2 Å². The van der Waals surface area contributed by atoms with Gasteiger partial charge in [-0.05, 0) is 41.7 Å². The quantitative estimate of drug-likeness (QED) is 0.372. The van der Waals surface area contributed by atoms with Gasteiger partial charge in [0.2, 0.25) is 0 Å². The molecule has 0 N–H and O–H groups in total. The van der Waals surface area contributed by atoms with Gasteiger partial charge in [0.25, 0.3) is 0 Å². The lowest BCUT2D eigenvalue weighted by molar-refractivity contribution is 0.0961. The molecule has 2 aromatic heterocycles. The number of Topliss-reactive ketones (excluding diaryl/α,β-unsaturated/α-hetero) is 1. The fourth-order valence-electron chi connectivity index (χ4n) is 5.01. The molecular weight excluding hydrogens is 442 g/mol. The van der Waals surface area contributed by atoms with Gasteiger partial charge in [0.1, 0.15) is 5.75 Å². The van der Waals surface area contributed by atoms with E-state index in [2.05, 4.69) is 13.8 Å². The number of carbonyl (C=O) groups is 1. The van der Waals surface area contributed by atoms with Crippen LogP contribution < -0.4 is 14.2 Å². The highest BCUT2D eigenvalue weighted by Gasteiger charge is 2.32. The second kappa shape index (κ2) is 9.06. The lowest BCUT2D eigenvalue weighted by Gasteiger charge is -2.25. The third kappa shape index (κ3) is 3.81. The van der Waals surface area contributed by atoms with Crippen molar-refractivity contribution in [3.63, 3.8) is 0 Å². The molecule has 1 atom stereocenters. The lowest BCUT2D eigenvalue weighted by atomic mass is 9.81. The monoisotopic (exact) mass is 471 g/mol. The van der Waals surface area contributed by atoms with Crippen molar-refractivity contribution in [2.75, 3.05) is 21.3 Å². The summed E-state index contributed by atoms with van der Waals surface area (Å²) >= 11 is 0. The number of hydrogen-bond donors (Lipinski definition) is 0. The van der Waals surface area contributed by atoms with Crippen molar-refractivity contribution in [2.45, 2.75) is 38.5 Å². The van der Waals surface area contributed by atoms with Crippen LogP contribution in [0.1, 0.15) is 59.4 Å². The number of aromatic nitrogens is 3. The maximum absolute atomic E-state index is 13.2. The zero-order valence-electron chi connectivity index (χ0n) is 20.7. The summed E-state index contributed by atoms with van der Waals surface area (Å²) in [7, 11) is 4.91. The number of nitrogens with zero attached hydrogens (tertiary/aromatic N) is 3. The Balaban J connectivity index is 1.70. The average molecular weight is 472 g/mol. The smallest absolute Gasteiger partial charge is 0.166 e. The molecule has 0 radical (unpaired) electrons. The van der Waals surface area contributed by atoms with Crippen molar-refractivity contribution in [2.24, 2.45) is 0 Å². The Kier molecular flexibility index (Phi) is 5.93. The molecule has 2 heterocycles. The minimum absolute atomic E-state index is 0.00739. The highest BCUT2D eigenvalue weighted by atomic mass is 16.5. The summed E-state index contributed by atoms with van der Waals surface area (Å²) in [6.07, 6.45) is 2.80. The number of rotatable bonds is 6. The van der Waals surface area contributed by atoms with Crippen molar-refractivity contribution in [3.05, 3.63) is 71.2 Å². The molecule has 0 amide bonds. The van der Waals surface area contributed by atoms with Gasteiger partial charge in [0.05, 0.1) is 43.8 Å². The largest absolute Gasteiger partial charge is 0.496 e. The number of benzene rings is 2. The summed E-state index contributed by atoms with van der Waals surface area (Å²) in [6.45, 7) is 4.22. The van der Waals surface area contributed by atoms with Crippen LogP contribution in [0.15, 0.2) is 48.7 Å². The van der Waals surface area contributed by atoms with Crippen LogP contribution in [0.4, 0.5) is 0 Å². The van der Waals surface area contributed by atoms with Crippen LogP contribution >= 0.6 is 0 Å². The van der Waals surface area contributed by atoms with Crippen LogP contribution in [0.3, 0.4) is 0 Å². The molecule has 5 rings (SSSR count). The van der Waals surface area contributed by atoms with Gasteiger partial charge in [-0.3, -0.25) is 4.79 Å². The standard InChI is InChI=1S/C28H29N3O4/c1-16(2)27-26(17-10-11-24(34-4)25(14-17)35-5)28-29-15-20-21(31(28)30-27)12-18(13-22(20)32)19-8-6-7-9-23(19)33-3/h6-11,14-16,18H,12-13H2,1-5H3/t18-/m1/s1. The molecule has 35 heavy (non-hydrogen) atoms. The van der Waals surface area contributed by atoms with E-state index in [1.165, 1.54) is 0 Å². The first-order valence-electron chi connectivity index (χ1n) is 11.8. The fraction of sp³-hybridized carbons (Fsp3) is 0.321. The summed E-state index contributed by atoms with van der Waals surface area (Å²) in [4.78, 5) is 17.9. The number of fused-ring (bicyclic) bond motifs is 3. The van der Waals surface area contributed by atoms with E-state index in [0.717, 1.165) is 39.5 Å². The third-order valence-electron chi connectivity index (χ3n) is 6.74. The number of methoxy groups -OCH3 is 3. The zero-order valence-corrected chi connectivity index (χ0v) is 20.7. The second-order valence-electron chi connectivity index (χ2n) is 9.11. The first kappa shape index (κ1) is 22.9. The minimum Gasteiger partial charge on any atom is -0.496 e. The Morgan fingerprint density at radius 1 is 0.943 bits per heavy atom. The molecule has 0 saturated heterocycles. The van der Waals surface area contributed by atoms with Crippen molar-refractivity contribution >= 4 is 11.4 Å². The van der Waals surface area contributed by atoms with Gasteiger partial charge in [-0.15, -0.1) is 0 Å². The minimum atomic E-state index is 0.00739. The lowest BCUT2D eigenvalue weighted by Crippen LogP contribution is -2.23. The van der Waals surface area contributed by atoms with Gasteiger partial charge in [-0.1, -0.05) is 38.1 Å². The molecule has 0 aliphatic heterocycles. The topological polar surface area (TPSA) is 75.0 Å². The number of para-hydroxylation sites is 1. The molecular formula is C28H29N3O4. The predicted molar refractivity (Wildman–Crippen MR) is 134 cm³/mol. The number of hydrogen-bond acceptors (Lipinski definition) is 6. The van der Waals surface area contributed by atoms with Gasteiger partial charge in [-0.25, -0.2) is 9.50 Å². The van der Waals surface area contributed by atoms with Gasteiger partial charge in [0, 0.05) is 18.5 Å². The Hall–Kier alpha value is -3.87. The summed E-state index contributed by atoms with van der Waals surface area (Å²) < 4.78 is 18.4. The Bertz CT molecular complexity index is 1420. The highest BCUT2D eigenvalue weighted by molar-refractivity contribution is 5.99. The SMILES string of the molecule is COc1ccc(-c2c(C(C)C)nn3c4c(cnc23)C(=O)C[C@H](c2ccccc2OC)C4)cc1OC. The molecule has 0 unspecified atom stereocenters. The second-order valence-corrected chi connectivity index (χ2v) is 9.11. The van der Waals surface area contributed by atoms with E-state index in [1.54, 1.807) is 27.5 Å². The van der Waals surface area contributed by atoms with Crippen LogP contribution in [0.2, 0.25) is 0 Å². The Morgan fingerprint density at radius 2 is 1.69 bits per heavy atom. The van der Waals surface area contributed by atoms with Gasteiger partial charge >= 0.3 is 0 Å². The molecule has 2 aromatic carbocycles. The molecule has 0 fully saturated rings. The number of carbonyl (C=O) groups excluding carboxylic acids is 1. The number of ether oxygens (including phenoxy) is 3. The molecule has 0 spiro atoms. The van der Waals surface area contributed by atoms with E-state index in [1.807, 2.05) is 47.0 Å². The summed E-state index contributed by atoms with van der Waals surface area (Å²) in [5.74, 6) is 2.34. The number of ketones is 1. The maximum Gasteiger partial charge on any atom is 0.166 e. The molecule has 0 bridgehead atoms. The molecule has 1 aliphatic carbocycles. The van der Waals surface area contributed by atoms with Crippen molar-refractivity contribution in [1.82, 2.24) is 14.6 Å². The van der Waals surface area contributed by atoms with E-state index < -0.39 is 0 Å². The summed E-state index contributed by atoms with van der Waals surface area (Å²) in [5, 5.41) is 5.00. The first-order valence-corrected chi connectivity index (χ1v) is 11.8. The average Bonchev–Trinajstić information content (AvgIpc) is 3.28. The molecule has 7 heteroatoms. The van der Waals surface area contributed by atoms with Gasteiger partial charge in [-0.2, -0.15) is 5.10 Å². The fourth-order valence-corrected chi connectivity index (χ4v) is 5.01. The molecule has 7 nitrogen and oxygen atoms in total. The summed E-state index contributed by atoms with van der Waals surface area (Å²) in [6, 6.07) is 13.7. The van der Waals surface area contributed by atoms with Crippen molar-refractivity contribution < 1.29 is 19.0 Å². The Morgan fingerprint density at radius 3 is 2.40 bits per heavy atom. The predicted octanol–water partition coefficient (Wildman–Crippen LogP) is 5.46. The van der Waals surface area contributed by atoms with Gasteiger partial charge < -0.3 is 14.2 Å². The van der Waals surface area contributed by atoms with Crippen LogP contribution in [-0.4, -0.2) is 41.7 Å². The van der Waals surface area contributed by atoms with E-state index >= 15 is 0 Å². The van der Waals surface area contributed by atoms with E-state index in [-0.39, 0.29) is 17.6 Å². The van der Waals surface area contributed by atoms with Gasteiger partial charge in [0.15, 0.2) is 22.9 Å². The third-order valence-corrected chi connectivity index (χ3v) is 6.74. The van der Waals surface area contributed by atoms with Crippen LogP contribution in [0.25, 0.3) is 16.8 Å². The normalized spacial score (nSPS) is 15.4. The molecule has 1 aliphatic rings. The molecule has 4 aromatic rings. The van der Waals surface area contributed by atoms with Crippen LogP contribution in [-0.2, 0) is 6.42 Å². The maximum atomic E-state index is 13.2. The van der Waals surface area contributed by atoms with E-state index in [0.29, 0.717) is 29.9 Å².